The summed E-state index contributed by atoms with van der Waals surface area (Å²) in [5, 5.41) is 3.82. The van der Waals surface area contributed by atoms with Gasteiger partial charge >= 0.3 is 0 Å². The molecular weight excluding hydrogens is 172 g/mol. The molecule has 2 rings (SSSR count). The summed E-state index contributed by atoms with van der Waals surface area (Å²) in [4.78, 5) is 5.29. The fraction of sp³-hybridized carbons (Fsp3) is 0.250. The highest BCUT2D eigenvalue weighted by atomic mass is 32.1. The Morgan fingerprint density at radius 1 is 1.42 bits per heavy atom. The average Bonchev–Trinajstić information content (AvgIpc) is 2.74. The normalized spacial score (nSPS) is 10.3. The zero-order valence-corrected chi connectivity index (χ0v) is 7.25. The third-order valence-corrected chi connectivity index (χ3v) is 2.44. The van der Waals surface area contributed by atoms with Crippen molar-refractivity contribution >= 4 is 11.3 Å². The van der Waals surface area contributed by atoms with Crippen molar-refractivity contribution in [1.29, 1.82) is 0 Å². The molecule has 3 nitrogen and oxygen atoms in total. The van der Waals surface area contributed by atoms with Gasteiger partial charge in [-0.15, -0.1) is 11.3 Å². The molecule has 2 aromatic rings. The molecule has 0 amide bonds. The molecule has 0 saturated carbocycles. The van der Waals surface area contributed by atoms with E-state index in [2.05, 4.69) is 10.1 Å². The van der Waals surface area contributed by atoms with Gasteiger partial charge in [-0.25, -0.2) is 0 Å². The first-order valence-corrected chi connectivity index (χ1v) is 4.60. The Morgan fingerprint density at radius 3 is 3.08 bits per heavy atom. The van der Waals surface area contributed by atoms with Gasteiger partial charge in [0, 0.05) is 17.1 Å². The summed E-state index contributed by atoms with van der Waals surface area (Å²) < 4.78 is 4.72. The van der Waals surface area contributed by atoms with Gasteiger partial charge in [0.1, 0.15) is 6.26 Å². The van der Waals surface area contributed by atoms with Crippen LogP contribution in [0.5, 0.6) is 0 Å². The van der Waals surface area contributed by atoms with E-state index >= 15 is 0 Å². The minimum atomic E-state index is 0.929. The molecule has 0 atom stereocenters. The van der Waals surface area contributed by atoms with Crippen molar-refractivity contribution in [1.82, 2.24) is 10.1 Å². The minimum Gasteiger partial charge on any atom is -0.365 e. The van der Waals surface area contributed by atoms with Gasteiger partial charge in [0.25, 0.3) is 0 Å². The van der Waals surface area contributed by atoms with Crippen LogP contribution < -0.4 is 0 Å². The van der Waals surface area contributed by atoms with E-state index in [-0.39, 0.29) is 0 Å². The van der Waals surface area contributed by atoms with E-state index in [4.69, 9.17) is 4.52 Å². The SMILES string of the molecule is c1cc(CCc2cncs2)no1. The standard InChI is InChI=1S/C8H8N2OS/c1(7-3-4-11-10-7)2-8-5-9-6-12-8/h3-6H,1-2H2. The van der Waals surface area contributed by atoms with Crippen LogP contribution in [0.15, 0.2) is 28.6 Å². The van der Waals surface area contributed by atoms with Crippen LogP contribution in [0, 0.1) is 0 Å². The molecule has 0 aromatic carbocycles. The molecular formula is C8H8N2OS. The van der Waals surface area contributed by atoms with Crippen LogP contribution in [0.2, 0.25) is 0 Å². The Kier molecular flexibility index (Phi) is 2.18. The Hall–Kier alpha value is -1.16. The predicted molar refractivity (Wildman–Crippen MR) is 46.0 cm³/mol. The summed E-state index contributed by atoms with van der Waals surface area (Å²) in [5.41, 5.74) is 2.85. The Labute approximate surface area is 74.0 Å². The zero-order chi connectivity index (χ0) is 8.23. The molecule has 0 fully saturated rings. The molecule has 0 unspecified atom stereocenters. The maximum atomic E-state index is 4.72. The maximum Gasteiger partial charge on any atom is 0.124 e. The van der Waals surface area contributed by atoms with Gasteiger partial charge in [0.05, 0.1) is 11.2 Å². The summed E-state index contributed by atoms with van der Waals surface area (Å²) >= 11 is 1.68. The zero-order valence-electron chi connectivity index (χ0n) is 6.43. The fourth-order valence-corrected chi connectivity index (χ4v) is 1.58. The fourth-order valence-electron chi connectivity index (χ4n) is 0.983. The number of thiazole rings is 1. The van der Waals surface area contributed by atoms with Gasteiger partial charge in [-0.3, -0.25) is 4.98 Å². The van der Waals surface area contributed by atoms with Gasteiger partial charge in [-0.05, 0) is 12.8 Å². The second-order valence-electron chi connectivity index (χ2n) is 2.46. The van der Waals surface area contributed by atoms with E-state index in [0.717, 1.165) is 18.5 Å². The lowest BCUT2D eigenvalue weighted by atomic mass is 10.2. The first-order chi connectivity index (χ1) is 5.95. The molecule has 4 heteroatoms. The topological polar surface area (TPSA) is 38.9 Å². The van der Waals surface area contributed by atoms with Crippen LogP contribution in [0.3, 0.4) is 0 Å². The quantitative estimate of drug-likeness (QED) is 0.724. The van der Waals surface area contributed by atoms with E-state index in [9.17, 15) is 0 Å². The highest BCUT2D eigenvalue weighted by molar-refractivity contribution is 7.09. The number of aromatic nitrogens is 2. The third kappa shape index (κ3) is 1.71. The van der Waals surface area contributed by atoms with Crippen LogP contribution in [0.1, 0.15) is 10.6 Å². The van der Waals surface area contributed by atoms with Gasteiger partial charge in [0.15, 0.2) is 0 Å². The van der Waals surface area contributed by atoms with Crippen molar-refractivity contribution in [2.45, 2.75) is 12.8 Å². The number of aryl methyl sites for hydroxylation is 2. The summed E-state index contributed by atoms with van der Waals surface area (Å²) in [6.45, 7) is 0. The van der Waals surface area contributed by atoms with Crippen molar-refractivity contribution in [3.63, 3.8) is 0 Å². The van der Waals surface area contributed by atoms with E-state index in [1.807, 2.05) is 17.8 Å². The second kappa shape index (κ2) is 3.49. The predicted octanol–water partition coefficient (Wildman–Crippen LogP) is 1.92. The first-order valence-electron chi connectivity index (χ1n) is 3.72. The van der Waals surface area contributed by atoms with E-state index in [0.29, 0.717) is 0 Å². The van der Waals surface area contributed by atoms with Crippen molar-refractivity contribution in [2.75, 3.05) is 0 Å². The highest BCUT2D eigenvalue weighted by Crippen LogP contribution is 2.09. The molecule has 0 N–H and O–H groups in total. The first kappa shape index (κ1) is 7.49. The molecule has 0 spiro atoms. The molecule has 0 bridgehead atoms. The lowest BCUT2D eigenvalue weighted by Gasteiger charge is -1.90. The Morgan fingerprint density at radius 2 is 2.42 bits per heavy atom. The van der Waals surface area contributed by atoms with Gasteiger partial charge in [0.2, 0.25) is 0 Å². The van der Waals surface area contributed by atoms with Crippen molar-refractivity contribution in [3.05, 3.63) is 34.6 Å². The van der Waals surface area contributed by atoms with Crippen LogP contribution >= 0.6 is 11.3 Å². The molecule has 0 aliphatic heterocycles. The van der Waals surface area contributed by atoms with E-state index in [1.165, 1.54) is 4.88 Å². The number of hydrogen-bond donors (Lipinski definition) is 0. The summed E-state index contributed by atoms with van der Waals surface area (Å²) in [7, 11) is 0. The smallest absolute Gasteiger partial charge is 0.124 e. The van der Waals surface area contributed by atoms with E-state index in [1.54, 1.807) is 17.6 Å². The van der Waals surface area contributed by atoms with Crippen LogP contribution in [0.4, 0.5) is 0 Å². The summed E-state index contributed by atoms with van der Waals surface area (Å²) in [6.07, 6.45) is 5.42. The molecule has 2 heterocycles. The van der Waals surface area contributed by atoms with Gasteiger partial charge in [-0.2, -0.15) is 0 Å². The molecule has 0 aliphatic carbocycles. The minimum absolute atomic E-state index is 0.929. The van der Waals surface area contributed by atoms with Gasteiger partial charge < -0.3 is 4.52 Å². The van der Waals surface area contributed by atoms with Crippen molar-refractivity contribution in [3.8, 4) is 0 Å². The molecule has 0 saturated heterocycles. The summed E-state index contributed by atoms with van der Waals surface area (Å²) in [5.74, 6) is 0. The summed E-state index contributed by atoms with van der Waals surface area (Å²) in [6, 6.07) is 1.89. The number of hydrogen-bond acceptors (Lipinski definition) is 4. The van der Waals surface area contributed by atoms with Crippen LogP contribution in [0.25, 0.3) is 0 Å². The largest absolute Gasteiger partial charge is 0.365 e. The molecule has 12 heavy (non-hydrogen) atoms. The molecule has 0 aliphatic rings. The molecule has 62 valence electrons. The highest BCUT2D eigenvalue weighted by Gasteiger charge is 1.98. The van der Waals surface area contributed by atoms with Crippen LogP contribution in [-0.2, 0) is 12.8 Å². The average molecular weight is 180 g/mol. The van der Waals surface area contributed by atoms with Gasteiger partial charge in [-0.1, -0.05) is 5.16 Å². The monoisotopic (exact) mass is 180 g/mol. The van der Waals surface area contributed by atoms with Crippen molar-refractivity contribution < 1.29 is 4.52 Å². The van der Waals surface area contributed by atoms with Crippen molar-refractivity contribution in [2.24, 2.45) is 0 Å². The Balaban J connectivity index is 1.91. The lowest BCUT2D eigenvalue weighted by Crippen LogP contribution is -1.87. The lowest BCUT2D eigenvalue weighted by molar-refractivity contribution is 0.411. The second-order valence-corrected chi connectivity index (χ2v) is 3.43. The molecule has 2 aromatic heterocycles. The maximum absolute atomic E-state index is 4.72. The molecule has 0 radical (unpaired) electrons. The third-order valence-electron chi connectivity index (χ3n) is 1.60. The Bertz CT molecular complexity index is 280. The number of nitrogens with zero attached hydrogens (tertiary/aromatic N) is 2. The van der Waals surface area contributed by atoms with E-state index < -0.39 is 0 Å². The van der Waals surface area contributed by atoms with Crippen LogP contribution in [-0.4, -0.2) is 10.1 Å². The number of rotatable bonds is 3.